The van der Waals surface area contributed by atoms with E-state index < -0.39 is 0 Å². The molecule has 2 N–H and O–H groups in total. The van der Waals surface area contributed by atoms with Gasteiger partial charge in [0.2, 0.25) is 11.8 Å². The number of rotatable bonds is 11. The number of ether oxygens (including phenoxy) is 2. The van der Waals surface area contributed by atoms with Crippen molar-refractivity contribution in [3.63, 3.8) is 0 Å². The molecule has 0 aliphatic heterocycles. The average Bonchev–Trinajstić information content (AvgIpc) is 3.17. The van der Waals surface area contributed by atoms with Gasteiger partial charge in [-0.3, -0.25) is 0 Å². The Balaban J connectivity index is 1.41. The van der Waals surface area contributed by atoms with Crippen molar-refractivity contribution < 1.29 is 13.9 Å². The Morgan fingerprint density at radius 1 is 1.00 bits per heavy atom. The van der Waals surface area contributed by atoms with Gasteiger partial charge in [-0.1, -0.05) is 18.2 Å². The molecule has 2 aromatic carbocycles. The molecule has 6 nitrogen and oxygen atoms in total. The molecule has 1 aromatic heterocycles. The van der Waals surface area contributed by atoms with Crippen molar-refractivity contribution in [3.8, 4) is 17.2 Å². The van der Waals surface area contributed by atoms with Crippen LogP contribution in [0.4, 0.5) is 0 Å². The van der Waals surface area contributed by atoms with Crippen molar-refractivity contribution in [2.45, 2.75) is 37.3 Å². The van der Waals surface area contributed by atoms with Gasteiger partial charge in [0, 0.05) is 21.8 Å². The maximum atomic E-state index is 5.96. The summed E-state index contributed by atoms with van der Waals surface area (Å²) in [6.07, 6.45) is 0.783. The number of nitrogens with zero attached hydrogens (tertiary/aromatic N) is 2. The summed E-state index contributed by atoms with van der Waals surface area (Å²) in [4.78, 5) is 1.23. The second-order valence-corrected chi connectivity index (χ2v) is 8.49. The van der Waals surface area contributed by atoms with Gasteiger partial charge in [0.1, 0.15) is 12.4 Å². The number of benzene rings is 2. The smallest absolute Gasteiger partial charge is 0.247 e. The molecule has 154 valence electrons. The van der Waals surface area contributed by atoms with Crippen molar-refractivity contribution in [2.75, 3.05) is 19.0 Å². The lowest BCUT2D eigenvalue weighted by atomic mass is 10.0. The average molecular weight is 414 g/mol. The van der Waals surface area contributed by atoms with Gasteiger partial charge in [-0.2, -0.15) is 0 Å². The monoisotopic (exact) mass is 413 g/mol. The van der Waals surface area contributed by atoms with Crippen LogP contribution in [0.5, 0.6) is 5.75 Å². The molecule has 0 fully saturated rings. The van der Waals surface area contributed by atoms with Crippen LogP contribution in [0.25, 0.3) is 11.5 Å². The van der Waals surface area contributed by atoms with Crippen LogP contribution >= 0.6 is 11.8 Å². The van der Waals surface area contributed by atoms with Crippen molar-refractivity contribution in [1.82, 2.24) is 10.2 Å². The van der Waals surface area contributed by atoms with E-state index in [1.807, 2.05) is 56.3 Å². The molecule has 0 bridgehead atoms. The highest BCUT2D eigenvalue weighted by molar-refractivity contribution is 7.99. The van der Waals surface area contributed by atoms with Gasteiger partial charge in [-0.15, -0.1) is 22.0 Å². The van der Waals surface area contributed by atoms with E-state index >= 15 is 0 Å². The van der Waals surface area contributed by atoms with E-state index in [0.717, 1.165) is 23.5 Å². The number of hydrogen-bond acceptors (Lipinski definition) is 7. The molecule has 0 unspecified atom stereocenters. The summed E-state index contributed by atoms with van der Waals surface area (Å²) >= 11 is 1.76. The van der Waals surface area contributed by atoms with Crippen LogP contribution in [0.1, 0.15) is 26.2 Å². The van der Waals surface area contributed by atoms with E-state index in [-0.39, 0.29) is 5.54 Å². The first-order valence-electron chi connectivity index (χ1n) is 9.60. The maximum absolute atomic E-state index is 5.96. The highest BCUT2D eigenvalue weighted by Gasteiger charge is 2.11. The third kappa shape index (κ3) is 7.53. The van der Waals surface area contributed by atoms with Gasteiger partial charge in [0.25, 0.3) is 0 Å². The molecule has 7 heteroatoms. The summed E-state index contributed by atoms with van der Waals surface area (Å²) < 4.78 is 17.0. The molecule has 3 rings (SSSR count). The molecule has 0 amide bonds. The highest BCUT2D eigenvalue weighted by atomic mass is 32.2. The first-order chi connectivity index (χ1) is 14.0. The van der Waals surface area contributed by atoms with Crippen molar-refractivity contribution in [3.05, 3.63) is 60.5 Å². The molecule has 0 saturated heterocycles. The zero-order valence-electron chi connectivity index (χ0n) is 16.8. The van der Waals surface area contributed by atoms with Gasteiger partial charge in [0.05, 0.1) is 13.2 Å². The Hall–Kier alpha value is -2.35. The first kappa shape index (κ1) is 21.4. The van der Waals surface area contributed by atoms with Crippen LogP contribution in [0.15, 0.2) is 63.9 Å². The molecule has 1 heterocycles. The molecular weight excluding hydrogens is 386 g/mol. The molecule has 3 aromatic rings. The van der Waals surface area contributed by atoms with E-state index in [2.05, 4.69) is 22.3 Å². The molecular formula is C22H27N3O3S. The Bertz CT molecular complexity index is 861. The topological polar surface area (TPSA) is 83.4 Å². The lowest BCUT2D eigenvalue weighted by molar-refractivity contribution is 0.117. The lowest BCUT2D eigenvalue weighted by Crippen LogP contribution is -2.33. The summed E-state index contributed by atoms with van der Waals surface area (Å²) in [6.45, 7) is 5.46. The predicted octanol–water partition coefficient (Wildman–Crippen LogP) is 4.55. The van der Waals surface area contributed by atoms with Gasteiger partial charge in [-0.25, -0.2) is 0 Å². The standard InChI is InChI=1S/C22H27N3O3S/c1-22(2,23)12-13-27-18-10-8-17(9-11-18)21-25-24-20(28-21)16-26-14-15-29-19-6-4-3-5-7-19/h3-11H,12-16,23H2,1-2H3. The van der Waals surface area contributed by atoms with Crippen LogP contribution in [-0.4, -0.2) is 34.7 Å². The molecule has 0 saturated carbocycles. The number of thioether (sulfide) groups is 1. The maximum Gasteiger partial charge on any atom is 0.247 e. The molecule has 0 radical (unpaired) electrons. The summed E-state index contributed by atoms with van der Waals surface area (Å²) in [7, 11) is 0. The second-order valence-electron chi connectivity index (χ2n) is 7.33. The van der Waals surface area contributed by atoms with Crippen LogP contribution in [-0.2, 0) is 11.3 Å². The van der Waals surface area contributed by atoms with Crippen LogP contribution < -0.4 is 10.5 Å². The van der Waals surface area contributed by atoms with Gasteiger partial charge >= 0.3 is 0 Å². The first-order valence-corrected chi connectivity index (χ1v) is 10.6. The summed E-state index contributed by atoms with van der Waals surface area (Å²) in [5.41, 5.74) is 6.57. The molecule has 0 spiro atoms. The minimum Gasteiger partial charge on any atom is -0.494 e. The van der Waals surface area contributed by atoms with Gasteiger partial charge in [-0.05, 0) is 56.7 Å². The molecule has 29 heavy (non-hydrogen) atoms. The Morgan fingerprint density at radius 2 is 1.76 bits per heavy atom. The minimum atomic E-state index is -0.234. The molecule has 0 atom stereocenters. The van der Waals surface area contributed by atoms with Gasteiger partial charge in [0.15, 0.2) is 0 Å². The Labute approximate surface area is 175 Å². The largest absolute Gasteiger partial charge is 0.494 e. The van der Waals surface area contributed by atoms with E-state index in [9.17, 15) is 0 Å². The molecule has 0 aliphatic carbocycles. The number of nitrogens with two attached hydrogens (primary N) is 1. The van der Waals surface area contributed by atoms with Crippen LogP contribution in [0.3, 0.4) is 0 Å². The lowest BCUT2D eigenvalue weighted by Gasteiger charge is -2.18. The van der Waals surface area contributed by atoms with Crippen LogP contribution in [0, 0.1) is 0 Å². The Morgan fingerprint density at radius 3 is 2.48 bits per heavy atom. The summed E-state index contributed by atoms with van der Waals surface area (Å²) in [5, 5.41) is 8.15. The quantitative estimate of drug-likeness (QED) is 0.365. The van der Waals surface area contributed by atoms with Crippen molar-refractivity contribution in [2.24, 2.45) is 5.73 Å². The van der Waals surface area contributed by atoms with E-state index in [0.29, 0.717) is 31.6 Å². The zero-order valence-corrected chi connectivity index (χ0v) is 17.7. The minimum absolute atomic E-state index is 0.234. The van der Waals surface area contributed by atoms with E-state index in [1.165, 1.54) is 4.90 Å². The second kappa shape index (κ2) is 10.4. The third-order valence-corrected chi connectivity index (χ3v) is 5.02. The summed E-state index contributed by atoms with van der Waals surface area (Å²) in [6, 6.07) is 17.8. The van der Waals surface area contributed by atoms with Crippen molar-refractivity contribution in [1.29, 1.82) is 0 Å². The van der Waals surface area contributed by atoms with E-state index in [4.69, 9.17) is 19.6 Å². The third-order valence-electron chi connectivity index (χ3n) is 4.05. The van der Waals surface area contributed by atoms with Gasteiger partial charge < -0.3 is 19.6 Å². The predicted molar refractivity (Wildman–Crippen MR) is 115 cm³/mol. The van der Waals surface area contributed by atoms with Crippen LogP contribution in [0.2, 0.25) is 0 Å². The fourth-order valence-electron chi connectivity index (χ4n) is 2.45. The fraction of sp³-hybridized carbons (Fsp3) is 0.364. The Kier molecular flexibility index (Phi) is 7.69. The number of aromatic nitrogens is 2. The fourth-order valence-corrected chi connectivity index (χ4v) is 3.24. The zero-order chi connectivity index (χ0) is 20.5. The normalized spacial score (nSPS) is 11.6. The highest BCUT2D eigenvalue weighted by Crippen LogP contribution is 2.22. The number of hydrogen-bond donors (Lipinski definition) is 1. The van der Waals surface area contributed by atoms with Crippen molar-refractivity contribution >= 4 is 11.8 Å². The van der Waals surface area contributed by atoms with E-state index in [1.54, 1.807) is 11.8 Å². The summed E-state index contributed by atoms with van der Waals surface area (Å²) in [5.74, 6) is 2.59. The molecule has 0 aliphatic rings. The SMILES string of the molecule is CC(C)(N)CCOc1ccc(-c2nnc(COCCSc3ccccc3)o2)cc1.